The van der Waals surface area contributed by atoms with Crippen LogP contribution in [-0.4, -0.2) is 9.97 Å². The lowest BCUT2D eigenvalue weighted by Gasteiger charge is -2.11. The number of nitrogens with one attached hydrogen (secondary N) is 1. The molecule has 1 aromatic heterocycles. The van der Waals surface area contributed by atoms with E-state index in [0.29, 0.717) is 15.2 Å². The maximum Gasteiger partial charge on any atom is 0.433 e. The van der Waals surface area contributed by atoms with E-state index in [-0.39, 0.29) is 5.82 Å². The molecule has 0 fully saturated rings. The van der Waals surface area contributed by atoms with Gasteiger partial charge in [0.2, 0.25) is 5.28 Å². The molecular weight excluding hydrogens is 382 g/mol. The van der Waals surface area contributed by atoms with E-state index in [0.717, 1.165) is 6.07 Å². The van der Waals surface area contributed by atoms with Crippen LogP contribution >= 0.6 is 39.1 Å². The summed E-state index contributed by atoms with van der Waals surface area (Å²) >= 11 is 14.6. The van der Waals surface area contributed by atoms with E-state index < -0.39 is 17.2 Å². The minimum Gasteiger partial charge on any atom is -0.339 e. The second-order valence-electron chi connectivity index (χ2n) is 3.65. The van der Waals surface area contributed by atoms with Crippen LogP contribution in [0.3, 0.4) is 0 Å². The van der Waals surface area contributed by atoms with Crippen LogP contribution < -0.4 is 5.32 Å². The van der Waals surface area contributed by atoms with Crippen molar-refractivity contribution in [3.63, 3.8) is 0 Å². The Morgan fingerprint density at radius 3 is 2.45 bits per heavy atom. The van der Waals surface area contributed by atoms with Crippen molar-refractivity contribution >= 4 is 50.6 Å². The third-order valence-corrected chi connectivity index (χ3v) is 3.28. The van der Waals surface area contributed by atoms with Gasteiger partial charge >= 0.3 is 6.18 Å². The van der Waals surface area contributed by atoms with E-state index >= 15 is 0 Å². The van der Waals surface area contributed by atoms with Gasteiger partial charge in [-0.2, -0.15) is 13.2 Å². The molecule has 0 aliphatic rings. The molecule has 106 valence electrons. The number of aromatic nitrogens is 2. The molecule has 3 nitrogen and oxygen atoms in total. The number of nitrogens with zero attached hydrogens (tertiary/aromatic N) is 2. The largest absolute Gasteiger partial charge is 0.433 e. The molecule has 0 saturated carbocycles. The molecule has 0 unspecified atom stereocenters. The Labute approximate surface area is 130 Å². The van der Waals surface area contributed by atoms with Gasteiger partial charge in [0.05, 0.1) is 5.69 Å². The fourth-order valence-corrected chi connectivity index (χ4v) is 2.06. The van der Waals surface area contributed by atoms with Gasteiger partial charge in [0.25, 0.3) is 0 Å². The topological polar surface area (TPSA) is 37.8 Å². The van der Waals surface area contributed by atoms with Crippen LogP contribution in [0.15, 0.2) is 28.7 Å². The first-order valence-corrected chi connectivity index (χ1v) is 6.64. The van der Waals surface area contributed by atoms with Crippen molar-refractivity contribution in [2.75, 3.05) is 5.32 Å². The summed E-state index contributed by atoms with van der Waals surface area (Å²) in [4.78, 5) is 6.83. The molecule has 0 aliphatic carbocycles. The van der Waals surface area contributed by atoms with Crippen LogP contribution in [0.4, 0.5) is 24.7 Å². The predicted molar refractivity (Wildman–Crippen MR) is 74.5 cm³/mol. The third kappa shape index (κ3) is 3.74. The molecule has 2 rings (SSSR count). The minimum absolute atomic E-state index is 0.0831. The van der Waals surface area contributed by atoms with Crippen molar-refractivity contribution in [3.05, 3.63) is 44.7 Å². The van der Waals surface area contributed by atoms with Gasteiger partial charge in [-0.15, -0.1) is 0 Å². The first kappa shape index (κ1) is 15.3. The third-order valence-electron chi connectivity index (χ3n) is 2.18. The molecule has 0 radical (unpaired) electrons. The van der Waals surface area contributed by atoms with Crippen molar-refractivity contribution < 1.29 is 13.2 Å². The Morgan fingerprint density at radius 1 is 1.10 bits per heavy atom. The first-order chi connectivity index (χ1) is 9.25. The summed E-state index contributed by atoms with van der Waals surface area (Å²) in [5.74, 6) is -0.0831. The van der Waals surface area contributed by atoms with Crippen LogP contribution in [0.25, 0.3) is 0 Å². The average molecular weight is 387 g/mol. The molecule has 0 aliphatic heterocycles. The number of halogens is 6. The Kier molecular flexibility index (Phi) is 4.41. The maximum absolute atomic E-state index is 12.6. The first-order valence-electron chi connectivity index (χ1n) is 5.09. The molecule has 0 saturated heterocycles. The second-order valence-corrected chi connectivity index (χ2v) is 5.28. The highest BCUT2D eigenvalue weighted by Crippen LogP contribution is 2.32. The van der Waals surface area contributed by atoms with Crippen molar-refractivity contribution in [1.29, 1.82) is 0 Å². The molecule has 1 N–H and O–H groups in total. The van der Waals surface area contributed by atoms with Gasteiger partial charge in [-0.25, -0.2) is 9.97 Å². The molecule has 0 amide bonds. The zero-order valence-electron chi connectivity index (χ0n) is 9.47. The van der Waals surface area contributed by atoms with Crippen LogP contribution in [0.2, 0.25) is 10.3 Å². The van der Waals surface area contributed by atoms with E-state index in [9.17, 15) is 13.2 Å². The molecule has 20 heavy (non-hydrogen) atoms. The highest BCUT2D eigenvalue weighted by atomic mass is 79.9. The number of anilines is 2. The van der Waals surface area contributed by atoms with Crippen LogP contribution in [0.5, 0.6) is 0 Å². The number of benzene rings is 1. The maximum atomic E-state index is 12.6. The molecule has 0 bridgehead atoms. The van der Waals surface area contributed by atoms with E-state index in [2.05, 4.69) is 31.2 Å². The van der Waals surface area contributed by atoms with Gasteiger partial charge in [-0.1, -0.05) is 11.6 Å². The zero-order valence-corrected chi connectivity index (χ0v) is 12.6. The molecule has 0 atom stereocenters. The van der Waals surface area contributed by atoms with E-state index in [1.807, 2.05) is 0 Å². The van der Waals surface area contributed by atoms with Crippen molar-refractivity contribution in [3.8, 4) is 0 Å². The van der Waals surface area contributed by atoms with Crippen molar-refractivity contribution in [2.24, 2.45) is 0 Å². The van der Waals surface area contributed by atoms with E-state index in [1.54, 1.807) is 12.1 Å². The number of hydrogen-bond acceptors (Lipinski definition) is 3. The summed E-state index contributed by atoms with van der Waals surface area (Å²) < 4.78 is 38.5. The predicted octanol–water partition coefficient (Wildman–Crippen LogP) is 5.31. The lowest BCUT2D eigenvalue weighted by atomic mass is 10.3. The summed E-state index contributed by atoms with van der Waals surface area (Å²) in [6, 6.07) is 5.58. The number of alkyl halides is 3. The molecule has 9 heteroatoms. The van der Waals surface area contributed by atoms with Gasteiger partial charge < -0.3 is 5.32 Å². The SMILES string of the molecule is FC(F)(F)c1cc(Nc2cc(Cl)ccc2Br)nc(Cl)n1. The number of rotatable bonds is 2. The Balaban J connectivity index is 2.39. The Hall–Kier alpha value is -1.05. The second kappa shape index (κ2) is 5.75. The van der Waals surface area contributed by atoms with E-state index in [1.165, 1.54) is 6.07 Å². The normalized spacial score (nSPS) is 11.5. The highest BCUT2D eigenvalue weighted by Gasteiger charge is 2.33. The fourth-order valence-electron chi connectivity index (χ4n) is 1.36. The summed E-state index contributed by atoms with van der Waals surface area (Å²) in [6.45, 7) is 0. The summed E-state index contributed by atoms with van der Waals surface area (Å²) in [5.41, 5.74) is -0.668. The smallest absolute Gasteiger partial charge is 0.339 e. The monoisotopic (exact) mass is 385 g/mol. The van der Waals surface area contributed by atoms with Crippen LogP contribution in [0, 0.1) is 0 Å². The van der Waals surface area contributed by atoms with Gasteiger partial charge in [0.1, 0.15) is 5.82 Å². The molecule has 0 spiro atoms. The minimum atomic E-state index is -4.60. The summed E-state index contributed by atoms with van der Waals surface area (Å²) in [5, 5.41) is 2.62. The van der Waals surface area contributed by atoms with Crippen molar-refractivity contribution in [1.82, 2.24) is 9.97 Å². The lowest BCUT2D eigenvalue weighted by molar-refractivity contribution is -0.141. The molecule has 1 aromatic carbocycles. The van der Waals surface area contributed by atoms with Gasteiger partial charge in [-0.05, 0) is 45.7 Å². The van der Waals surface area contributed by atoms with E-state index in [4.69, 9.17) is 23.2 Å². The molecule has 1 heterocycles. The van der Waals surface area contributed by atoms with Crippen LogP contribution in [-0.2, 0) is 6.18 Å². The average Bonchev–Trinajstić information content (AvgIpc) is 2.32. The van der Waals surface area contributed by atoms with Gasteiger partial charge in [-0.3, -0.25) is 0 Å². The Morgan fingerprint density at radius 2 is 1.80 bits per heavy atom. The van der Waals surface area contributed by atoms with Gasteiger partial charge in [0, 0.05) is 15.6 Å². The van der Waals surface area contributed by atoms with Crippen LogP contribution in [0.1, 0.15) is 5.69 Å². The Bertz CT molecular complexity index is 649. The number of hydrogen-bond donors (Lipinski definition) is 1. The lowest BCUT2D eigenvalue weighted by Crippen LogP contribution is -2.10. The summed E-state index contributed by atoms with van der Waals surface area (Å²) in [6.07, 6.45) is -4.60. The quantitative estimate of drug-likeness (QED) is 0.711. The fraction of sp³-hybridized carbons (Fsp3) is 0.0909. The zero-order chi connectivity index (χ0) is 14.9. The summed E-state index contributed by atoms with van der Waals surface area (Å²) in [7, 11) is 0. The standard InChI is InChI=1S/C11H5BrCl2F3N3/c12-6-2-1-5(13)3-7(6)18-9-4-8(11(15,16)17)19-10(14)20-9/h1-4H,(H,18,19,20). The molecular formula is C11H5BrCl2F3N3. The highest BCUT2D eigenvalue weighted by molar-refractivity contribution is 9.10. The van der Waals surface area contributed by atoms with Gasteiger partial charge in [0.15, 0.2) is 5.69 Å². The van der Waals surface area contributed by atoms with Crippen molar-refractivity contribution in [2.45, 2.75) is 6.18 Å². The molecule has 2 aromatic rings.